The van der Waals surface area contributed by atoms with Crippen molar-refractivity contribution in [2.24, 2.45) is 5.92 Å². The predicted octanol–water partition coefficient (Wildman–Crippen LogP) is 5.11. The van der Waals surface area contributed by atoms with Crippen molar-refractivity contribution in [1.29, 1.82) is 0 Å². The van der Waals surface area contributed by atoms with Crippen molar-refractivity contribution in [3.63, 3.8) is 0 Å². The molecule has 0 radical (unpaired) electrons. The van der Waals surface area contributed by atoms with Gasteiger partial charge in [-0.15, -0.1) is 0 Å². The number of pyridine rings is 2. The SMILES string of the molecule is O=C(CC1CC1)Nc1cc(NCc2cc(-c3cc4cccnc4[nH]3)ccn2)ccc1F. The number of rotatable bonds is 7. The molecule has 1 aliphatic carbocycles. The fourth-order valence-corrected chi connectivity index (χ4v) is 3.56. The lowest BCUT2D eigenvalue weighted by Crippen LogP contribution is -2.13. The number of nitrogens with zero attached hydrogens (tertiary/aromatic N) is 2. The second-order valence-electron chi connectivity index (χ2n) is 7.90. The normalized spacial score (nSPS) is 13.3. The van der Waals surface area contributed by atoms with Crippen molar-refractivity contribution in [2.75, 3.05) is 10.6 Å². The van der Waals surface area contributed by atoms with Gasteiger partial charge in [-0.05, 0) is 67.3 Å². The number of benzene rings is 1. The maximum Gasteiger partial charge on any atom is 0.224 e. The van der Waals surface area contributed by atoms with E-state index in [9.17, 15) is 9.18 Å². The quantitative estimate of drug-likeness (QED) is 0.391. The molecule has 4 aromatic rings. The largest absolute Gasteiger partial charge is 0.379 e. The van der Waals surface area contributed by atoms with Crippen molar-refractivity contribution in [3.05, 3.63) is 72.4 Å². The highest BCUT2D eigenvalue weighted by Crippen LogP contribution is 2.33. The third-order valence-electron chi connectivity index (χ3n) is 5.40. The fourth-order valence-electron chi connectivity index (χ4n) is 3.56. The summed E-state index contributed by atoms with van der Waals surface area (Å²) in [5, 5.41) is 6.99. The van der Waals surface area contributed by atoms with Crippen LogP contribution in [-0.4, -0.2) is 20.9 Å². The molecule has 0 saturated heterocycles. The van der Waals surface area contributed by atoms with Crippen LogP contribution in [0.3, 0.4) is 0 Å². The molecule has 3 aromatic heterocycles. The summed E-state index contributed by atoms with van der Waals surface area (Å²) >= 11 is 0. The molecule has 5 rings (SSSR count). The number of anilines is 2. The molecule has 3 N–H and O–H groups in total. The molecule has 0 atom stereocenters. The van der Waals surface area contributed by atoms with Crippen molar-refractivity contribution >= 4 is 28.3 Å². The Morgan fingerprint density at radius 3 is 2.84 bits per heavy atom. The summed E-state index contributed by atoms with van der Waals surface area (Å²) in [7, 11) is 0. The molecule has 0 spiro atoms. The molecule has 1 fully saturated rings. The summed E-state index contributed by atoms with van der Waals surface area (Å²) < 4.78 is 14.1. The van der Waals surface area contributed by atoms with Crippen LogP contribution in [0.4, 0.5) is 15.8 Å². The van der Waals surface area contributed by atoms with E-state index in [1.54, 1.807) is 24.5 Å². The lowest BCUT2D eigenvalue weighted by molar-refractivity contribution is -0.116. The maximum atomic E-state index is 14.1. The van der Waals surface area contributed by atoms with E-state index in [-0.39, 0.29) is 11.6 Å². The zero-order chi connectivity index (χ0) is 21.2. The lowest BCUT2D eigenvalue weighted by Gasteiger charge is -2.11. The number of hydrogen-bond donors (Lipinski definition) is 3. The molecule has 156 valence electrons. The van der Waals surface area contributed by atoms with E-state index in [0.717, 1.165) is 40.8 Å². The minimum absolute atomic E-state index is 0.138. The van der Waals surface area contributed by atoms with E-state index in [2.05, 4.69) is 31.7 Å². The minimum atomic E-state index is -0.442. The summed E-state index contributed by atoms with van der Waals surface area (Å²) in [4.78, 5) is 24.1. The number of aromatic amines is 1. The van der Waals surface area contributed by atoms with E-state index >= 15 is 0 Å². The Kier molecular flexibility index (Phi) is 5.08. The van der Waals surface area contributed by atoms with Crippen LogP contribution in [0.15, 0.2) is 60.9 Å². The first-order chi connectivity index (χ1) is 15.1. The molecule has 0 unspecified atom stereocenters. The molecule has 1 aromatic carbocycles. The summed E-state index contributed by atoms with van der Waals surface area (Å²) in [5.41, 5.74) is 4.58. The summed E-state index contributed by atoms with van der Waals surface area (Å²) in [5.74, 6) is -0.126. The van der Waals surface area contributed by atoms with Crippen LogP contribution in [0.1, 0.15) is 25.0 Å². The average Bonchev–Trinajstić information content (AvgIpc) is 3.48. The van der Waals surface area contributed by atoms with E-state index in [4.69, 9.17) is 0 Å². The second-order valence-corrected chi connectivity index (χ2v) is 7.90. The Morgan fingerprint density at radius 1 is 1.10 bits per heavy atom. The molecule has 1 amide bonds. The number of amides is 1. The Labute approximate surface area is 178 Å². The van der Waals surface area contributed by atoms with Crippen LogP contribution in [0.2, 0.25) is 0 Å². The zero-order valence-electron chi connectivity index (χ0n) is 16.9. The standard InChI is InChI=1S/C24H22FN5O/c25-20-6-5-18(13-22(20)29-23(31)10-15-3-4-15)28-14-19-11-16(7-9-26-19)21-12-17-2-1-8-27-24(17)30-21/h1-2,5-9,11-13,15,28H,3-4,10,14H2,(H,27,30)(H,29,31). The van der Waals surface area contributed by atoms with Crippen molar-refractivity contribution < 1.29 is 9.18 Å². The van der Waals surface area contributed by atoms with Crippen LogP contribution in [-0.2, 0) is 11.3 Å². The molecular weight excluding hydrogens is 393 g/mol. The molecule has 7 heteroatoms. The molecular formula is C24H22FN5O. The zero-order valence-corrected chi connectivity index (χ0v) is 16.9. The molecule has 0 aliphatic heterocycles. The second kappa shape index (κ2) is 8.18. The van der Waals surface area contributed by atoms with Gasteiger partial charge in [-0.2, -0.15) is 0 Å². The van der Waals surface area contributed by atoms with Crippen molar-refractivity contribution in [1.82, 2.24) is 15.0 Å². The molecule has 6 nitrogen and oxygen atoms in total. The van der Waals surface area contributed by atoms with Crippen LogP contribution >= 0.6 is 0 Å². The first kappa shape index (κ1) is 19.2. The number of carbonyl (C=O) groups is 1. The Hall–Kier alpha value is -3.74. The third kappa shape index (κ3) is 4.55. The van der Waals surface area contributed by atoms with Crippen LogP contribution in [0.5, 0.6) is 0 Å². The molecule has 1 aliphatic rings. The monoisotopic (exact) mass is 415 g/mol. The van der Waals surface area contributed by atoms with Gasteiger partial charge < -0.3 is 15.6 Å². The topological polar surface area (TPSA) is 82.7 Å². The maximum absolute atomic E-state index is 14.1. The fraction of sp³-hybridized carbons (Fsp3) is 0.208. The number of halogens is 1. The highest BCUT2D eigenvalue weighted by Gasteiger charge is 2.24. The van der Waals surface area contributed by atoms with Gasteiger partial charge in [0.05, 0.1) is 17.9 Å². The van der Waals surface area contributed by atoms with Crippen LogP contribution in [0, 0.1) is 11.7 Å². The molecule has 31 heavy (non-hydrogen) atoms. The van der Waals surface area contributed by atoms with Gasteiger partial charge in [0, 0.05) is 41.1 Å². The molecule has 3 heterocycles. The van der Waals surface area contributed by atoms with E-state index in [1.807, 2.05) is 24.3 Å². The van der Waals surface area contributed by atoms with E-state index < -0.39 is 5.82 Å². The minimum Gasteiger partial charge on any atom is -0.379 e. The van der Waals surface area contributed by atoms with Crippen molar-refractivity contribution in [3.8, 4) is 11.3 Å². The number of nitrogens with one attached hydrogen (secondary N) is 3. The third-order valence-corrected chi connectivity index (χ3v) is 5.40. The number of H-pyrrole nitrogens is 1. The van der Waals surface area contributed by atoms with Gasteiger partial charge in [-0.25, -0.2) is 9.37 Å². The van der Waals surface area contributed by atoms with Gasteiger partial charge >= 0.3 is 0 Å². The number of carbonyl (C=O) groups excluding carboxylic acids is 1. The summed E-state index contributed by atoms with van der Waals surface area (Å²) in [6, 6.07) is 14.6. The van der Waals surface area contributed by atoms with Crippen LogP contribution < -0.4 is 10.6 Å². The average molecular weight is 415 g/mol. The van der Waals surface area contributed by atoms with E-state index in [1.165, 1.54) is 6.07 Å². The number of fused-ring (bicyclic) bond motifs is 1. The van der Waals surface area contributed by atoms with Crippen molar-refractivity contribution in [2.45, 2.75) is 25.8 Å². The first-order valence-corrected chi connectivity index (χ1v) is 10.4. The van der Waals surface area contributed by atoms with Gasteiger partial charge in [0.2, 0.25) is 5.91 Å². The van der Waals surface area contributed by atoms with E-state index in [0.29, 0.717) is 24.6 Å². The Morgan fingerprint density at radius 2 is 2.00 bits per heavy atom. The predicted molar refractivity (Wildman–Crippen MR) is 119 cm³/mol. The summed E-state index contributed by atoms with van der Waals surface area (Å²) in [6.45, 7) is 0.466. The number of aromatic nitrogens is 3. The smallest absolute Gasteiger partial charge is 0.224 e. The van der Waals surface area contributed by atoms with Gasteiger partial charge in [0.25, 0.3) is 0 Å². The lowest BCUT2D eigenvalue weighted by atomic mass is 10.1. The van der Waals surface area contributed by atoms with Gasteiger partial charge in [-0.3, -0.25) is 9.78 Å². The van der Waals surface area contributed by atoms with Gasteiger partial charge in [0.15, 0.2) is 0 Å². The van der Waals surface area contributed by atoms with Gasteiger partial charge in [0.1, 0.15) is 11.5 Å². The Bertz CT molecular complexity index is 1210. The highest BCUT2D eigenvalue weighted by atomic mass is 19.1. The van der Waals surface area contributed by atoms with Crippen LogP contribution in [0.25, 0.3) is 22.3 Å². The molecule has 1 saturated carbocycles. The molecule has 0 bridgehead atoms. The summed E-state index contributed by atoms with van der Waals surface area (Å²) in [6.07, 6.45) is 6.14. The Balaban J connectivity index is 1.28. The first-order valence-electron chi connectivity index (χ1n) is 10.4. The highest BCUT2D eigenvalue weighted by molar-refractivity contribution is 5.91. The number of hydrogen-bond acceptors (Lipinski definition) is 4. The van der Waals surface area contributed by atoms with Gasteiger partial charge in [-0.1, -0.05) is 0 Å².